The van der Waals surface area contributed by atoms with Crippen molar-refractivity contribution in [3.8, 4) is 0 Å². The minimum atomic E-state index is -4.88. The average molecular weight is 346 g/mol. The molecule has 1 fully saturated rings. The molecule has 0 aromatic rings. The van der Waals surface area contributed by atoms with Crippen LogP contribution in [0.25, 0.3) is 0 Å². The Hall–Kier alpha value is -0.370. The highest BCUT2D eigenvalue weighted by molar-refractivity contribution is 7.80. The van der Waals surface area contributed by atoms with Gasteiger partial charge in [0.2, 0.25) is 0 Å². The topological polar surface area (TPSA) is 185 Å². The van der Waals surface area contributed by atoms with Crippen molar-refractivity contribution in [1.29, 1.82) is 0 Å². The molecule has 22 heavy (non-hydrogen) atoms. The summed E-state index contributed by atoms with van der Waals surface area (Å²) in [6.07, 6.45) is -7.20. The highest BCUT2D eigenvalue weighted by atomic mass is 32.3. The molecular formula is C11H22O10S. The Kier molecular flexibility index (Phi) is 7.11. The summed E-state index contributed by atoms with van der Waals surface area (Å²) in [6, 6.07) is 0. The minimum Gasteiger partial charge on any atom is -0.394 e. The molecule has 0 unspecified atom stereocenters. The van der Waals surface area contributed by atoms with E-state index in [1.807, 2.05) is 0 Å². The van der Waals surface area contributed by atoms with Crippen LogP contribution in [-0.4, -0.2) is 87.3 Å². The maximum atomic E-state index is 10.6. The summed E-state index contributed by atoms with van der Waals surface area (Å²) < 4.78 is 33.9. The molecule has 1 rings (SSSR count). The third-order valence-corrected chi connectivity index (χ3v) is 4.40. The smallest absolute Gasteiger partial charge is 0.394 e. The lowest BCUT2D eigenvalue weighted by Gasteiger charge is -2.29. The number of aliphatic hydroxyl groups excluding tert-OH is 6. The predicted octanol–water partition coefficient (Wildman–Crippen LogP) is -3.37. The summed E-state index contributed by atoms with van der Waals surface area (Å²) in [4.78, 5) is 0. The molecule has 7 N–H and O–H groups in total. The van der Waals surface area contributed by atoms with E-state index < -0.39 is 66.0 Å². The van der Waals surface area contributed by atoms with Gasteiger partial charge in [-0.25, -0.2) is 4.18 Å². The molecule has 0 bridgehead atoms. The SMILES string of the molecule is O=S(=O)(O)O[C@@H](CO)[C@H](O)C[C@@H]1C[C@H](O)[C@H](O)[C@H]1[C@H](O)CO. The van der Waals surface area contributed by atoms with Crippen LogP contribution in [-0.2, 0) is 14.6 Å². The van der Waals surface area contributed by atoms with E-state index in [2.05, 4.69) is 4.18 Å². The maximum absolute atomic E-state index is 10.6. The van der Waals surface area contributed by atoms with Gasteiger partial charge in [0.25, 0.3) is 0 Å². The first-order valence-electron chi connectivity index (χ1n) is 6.70. The first kappa shape index (κ1) is 19.7. The summed E-state index contributed by atoms with van der Waals surface area (Å²) in [5.41, 5.74) is 0. The zero-order valence-electron chi connectivity index (χ0n) is 11.6. The molecule has 0 amide bonds. The molecule has 0 radical (unpaired) electrons. The Morgan fingerprint density at radius 1 is 1.14 bits per heavy atom. The van der Waals surface area contributed by atoms with Crippen LogP contribution in [0, 0.1) is 11.8 Å². The van der Waals surface area contributed by atoms with Gasteiger partial charge in [0.05, 0.1) is 37.6 Å². The molecule has 1 aliphatic rings. The number of aliphatic hydroxyl groups is 6. The summed E-state index contributed by atoms with van der Waals surface area (Å²) in [6.45, 7) is -1.56. The molecule has 1 aliphatic carbocycles. The Labute approximate surface area is 127 Å². The van der Waals surface area contributed by atoms with E-state index in [0.717, 1.165) is 0 Å². The molecule has 0 heterocycles. The van der Waals surface area contributed by atoms with Crippen LogP contribution < -0.4 is 0 Å². The van der Waals surface area contributed by atoms with E-state index in [1.165, 1.54) is 0 Å². The van der Waals surface area contributed by atoms with Gasteiger partial charge in [-0.3, -0.25) is 4.55 Å². The van der Waals surface area contributed by atoms with Gasteiger partial charge in [0.1, 0.15) is 6.10 Å². The van der Waals surface area contributed by atoms with Crippen molar-refractivity contribution in [2.75, 3.05) is 13.2 Å². The van der Waals surface area contributed by atoms with E-state index in [0.29, 0.717) is 0 Å². The van der Waals surface area contributed by atoms with Gasteiger partial charge in [0, 0.05) is 5.92 Å². The third kappa shape index (κ3) is 5.08. The summed E-state index contributed by atoms with van der Waals surface area (Å²) >= 11 is 0. The average Bonchev–Trinajstić information content (AvgIpc) is 2.69. The van der Waals surface area contributed by atoms with Crippen molar-refractivity contribution in [3.05, 3.63) is 0 Å². The normalized spacial score (nSPS) is 33.6. The standard InChI is InChI=1S/C11H22O10S/c12-3-8(16)10-5(2-7(15)11(10)17)1-6(14)9(4-13)21-22(18,19)20/h5-17H,1-4H2,(H,18,19,20)/t5-,6-,7+,8-,9+,10-,11+/m1/s1. The van der Waals surface area contributed by atoms with E-state index in [9.17, 15) is 28.8 Å². The molecule has 11 heteroatoms. The zero-order chi connectivity index (χ0) is 17.1. The maximum Gasteiger partial charge on any atom is 0.397 e. The van der Waals surface area contributed by atoms with E-state index in [4.69, 9.17) is 14.8 Å². The fourth-order valence-electron chi connectivity index (χ4n) is 2.89. The van der Waals surface area contributed by atoms with Crippen LogP contribution in [0.4, 0.5) is 0 Å². The first-order valence-corrected chi connectivity index (χ1v) is 8.06. The molecule has 132 valence electrons. The molecule has 0 aliphatic heterocycles. The van der Waals surface area contributed by atoms with E-state index in [1.54, 1.807) is 0 Å². The lowest BCUT2D eigenvalue weighted by atomic mass is 9.85. The van der Waals surface area contributed by atoms with Crippen LogP contribution >= 0.6 is 0 Å². The molecule has 0 spiro atoms. The van der Waals surface area contributed by atoms with Crippen molar-refractivity contribution in [3.63, 3.8) is 0 Å². The largest absolute Gasteiger partial charge is 0.397 e. The second kappa shape index (κ2) is 7.95. The van der Waals surface area contributed by atoms with Crippen molar-refractivity contribution in [2.24, 2.45) is 11.8 Å². The number of hydrogen-bond acceptors (Lipinski definition) is 9. The van der Waals surface area contributed by atoms with Crippen LogP contribution in [0.1, 0.15) is 12.8 Å². The first-order chi connectivity index (χ1) is 10.1. The fourth-order valence-corrected chi connectivity index (χ4v) is 3.39. The minimum absolute atomic E-state index is 0.00395. The monoisotopic (exact) mass is 346 g/mol. The van der Waals surface area contributed by atoms with Gasteiger partial charge in [-0.2, -0.15) is 8.42 Å². The lowest BCUT2D eigenvalue weighted by Crippen LogP contribution is -2.40. The van der Waals surface area contributed by atoms with Gasteiger partial charge >= 0.3 is 10.4 Å². The van der Waals surface area contributed by atoms with Crippen LogP contribution in [0.5, 0.6) is 0 Å². The van der Waals surface area contributed by atoms with Crippen molar-refractivity contribution in [1.82, 2.24) is 0 Å². The van der Waals surface area contributed by atoms with Crippen molar-refractivity contribution < 1.29 is 47.8 Å². The van der Waals surface area contributed by atoms with Gasteiger partial charge in [-0.1, -0.05) is 0 Å². The lowest BCUT2D eigenvalue weighted by molar-refractivity contribution is -0.0562. The molecule has 7 atom stereocenters. The summed E-state index contributed by atoms with van der Waals surface area (Å²) in [5, 5.41) is 57.0. The number of rotatable bonds is 8. The van der Waals surface area contributed by atoms with Crippen LogP contribution in [0.15, 0.2) is 0 Å². The number of hydrogen-bond donors (Lipinski definition) is 7. The second-order valence-corrected chi connectivity index (χ2v) is 6.48. The van der Waals surface area contributed by atoms with Gasteiger partial charge in [-0.15, -0.1) is 0 Å². The molecule has 0 aromatic carbocycles. The van der Waals surface area contributed by atoms with E-state index in [-0.39, 0.29) is 12.8 Å². The summed E-state index contributed by atoms with van der Waals surface area (Å²) in [7, 11) is -4.88. The molecule has 1 saturated carbocycles. The Bertz CT molecular complexity index is 440. The van der Waals surface area contributed by atoms with Gasteiger partial charge in [-0.05, 0) is 18.8 Å². The van der Waals surface area contributed by atoms with E-state index >= 15 is 0 Å². The van der Waals surface area contributed by atoms with Crippen molar-refractivity contribution in [2.45, 2.75) is 43.4 Å². The summed E-state index contributed by atoms with van der Waals surface area (Å²) in [5.74, 6) is -1.58. The van der Waals surface area contributed by atoms with Gasteiger partial charge in [0.15, 0.2) is 0 Å². The highest BCUT2D eigenvalue weighted by Gasteiger charge is 2.46. The van der Waals surface area contributed by atoms with Gasteiger partial charge < -0.3 is 30.6 Å². The Balaban J connectivity index is 2.77. The molecule has 0 saturated heterocycles. The second-order valence-electron chi connectivity index (χ2n) is 5.43. The molecule has 0 aromatic heterocycles. The quantitative estimate of drug-likeness (QED) is 0.219. The Morgan fingerprint density at radius 3 is 2.18 bits per heavy atom. The third-order valence-electron chi connectivity index (χ3n) is 3.91. The Morgan fingerprint density at radius 2 is 1.73 bits per heavy atom. The molecule has 10 nitrogen and oxygen atoms in total. The fraction of sp³-hybridized carbons (Fsp3) is 1.00. The van der Waals surface area contributed by atoms with Crippen LogP contribution in [0.2, 0.25) is 0 Å². The van der Waals surface area contributed by atoms with Crippen molar-refractivity contribution >= 4 is 10.4 Å². The van der Waals surface area contributed by atoms with Crippen LogP contribution in [0.3, 0.4) is 0 Å². The molecular weight excluding hydrogens is 324 g/mol. The predicted molar refractivity (Wildman–Crippen MR) is 70.8 cm³/mol. The highest BCUT2D eigenvalue weighted by Crippen LogP contribution is 2.38. The zero-order valence-corrected chi connectivity index (χ0v) is 12.4.